The lowest BCUT2D eigenvalue weighted by Crippen LogP contribution is -2.38. The predicted molar refractivity (Wildman–Crippen MR) is 94.4 cm³/mol. The summed E-state index contributed by atoms with van der Waals surface area (Å²) in [5.41, 5.74) is 0. The number of nitrogens with one attached hydrogen (secondary N) is 2. The number of guanidine groups is 1. The second-order valence-electron chi connectivity index (χ2n) is 5.02. The van der Waals surface area contributed by atoms with Gasteiger partial charge < -0.3 is 20.1 Å². The average molecular weight is 435 g/mol. The molecule has 0 atom stereocenters. The Labute approximate surface area is 148 Å². The van der Waals surface area contributed by atoms with Gasteiger partial charge in [0.25, 0.3) is 6.43 Å². The molecule has 5 nitrogen and oxygen atoms in total. The predicted octanol–water partition coefficient (Wildman–Crippen LogP) is 2.26. The van der Waals surface area contributed by atoms with Crippen LogP contribution < -0.4 is 10.6 Å². The van der Waals surface area contributed by atoms with Gasteiger partial charge in [0.15, 0.2) is 5.96 Å². The normalized spacial score (nSPS) is 16.5. The van der Waals surface area contributed by atoms with Crippen LogP contribution in [0.4, 0.5) is 8.78 Å². The van der Waals surface area contributed by atoms with E-state index >= 15 is 0 Å². The highest BCUT2D eigenvalue weighted by Gasteiger charge is 2.13. The van der Waals surface area contributed by atoms with Crippen LogP contribution >= 0.6 is 24.0 Å². The topological polar surface area (TPSA) is 54.9 Å². The molecule has 1 saturated heterocycles. The van der Waals surface area contributed by atoms with E-state index < -0.39 is 13.0 Å². The van der Waals surface area contributed by atoms with Gasteiger partial charge in [-0.1, -0.05) is 0 Å². The standard InChI is InChI=1S/C14H27F2N3O2.HI/c1-2-17-14(19-10-13(15)16)18-6-3-7-21-11-12-4-8-20-9-5-12;/h12-13H,2-11H2,1H3,(H2,17,18,19);1H. The highest BCUT2D eigenvalue weighted by molar-refractivity contribution is 14.0. The molecular weight excluding hydrogens is 407 g/mol. The Bertz CT molecular complexity index is 291. The smallest absolute Gasteiger partial charge is 0.257 e. The number of hydrogen-bond donors (Lipinski definition) is 2. The molecule has 0 bridgehead atoms. The van der Waals surface area contributed by atoms with Crippen LogP contribution in [0.1, 0.15) is 26.2 Å². The van der Waals surface area contributed by atoms with E-state index in [0.717, 1.165) is 39.1 Å². The van der Waals surface area contributed by atoms with Gasteiger partial charge >= 0.3 is 0 Å². The molecule has 132 valence electrons. The van der Waals surface area contributed by atoms with E-state index in [-0.39, 0.29) is 24.0 Å². The maximum atomic E-state index is 12.1. The van der Waals surface area contributed by atoms with Crippen molar-refractivity contribution in [3.05, 3.63) is 0 Å². The number of rotatable bonds is 9. The first kappa shape index (κ1) is 21.8. The molecule has 0 amide bonds. The molecule has 1 aliphatic rings. The molecule has 1 heterocycles. The van der Waals surface area contributed by atoms with Crippen molar-refractivity contribution in [3.8, 4) is 0 Å². The lowest BCUT2D eigenvalue weighted by molar-refractivity contribution is 0.0203. The third-order valence-electron chi connectivity index (χ3n) is 3.18. The zero-order valence-electron chi connectivity index (χ0n) is 13.2. The van der Waals surface area contributed by atoms with Crippen LogP contribution in [0.2, 0.25) is 0 Å². The maximum Gasteiger partial charge on any atom is 0.257 e. The zero-order chi connectivity index (χ0) is 15.3. The lowest BCUT2D eigenvalue weighted by Gasteiger charge is -2.21. The molecule has 1 aliphatic heterocycles. The second kappa shape index (κ2) is 14.4. The number of hydrogen-bond acceptors (Lipinski definition) is 3. The summed E-state index contributed by atoms with van der Waals surface area (Å²) in [5, 5.41) is 5.95. The summed E-state index contributed by atoms with van der Waals surface area (Å²) in [6, 6.07) is 0. The molecular formula is C14H28F2IN3O2. The minimum Gasteiger partial charge on any atom is -0.381 e. The lowest BCUT2D eigenvalue weighted by atomic mass is 10.0. The summed E-state index contributed by atoms with van der Waals surface area (Å²) in [4.78, 5) is 3.79. The van der Waals surface area contributed by atoms with Crippen LogP contribution in [0.3, 0.4) is 0 Å². The number of halogens is 3. The fourth-order valence-corrected chi connectivity index (χ4v) is 2.05. The van der Waals surface area contributed by atoms with Gasteiger partial charge in [-0.3, -0.25) is 0 Å². The highest BCUT2D eigenvalue weighted by atomic mass is 127. The summed E-state index contributed by atoms with van der Waals surface area (Å²) in [7, 11) is 0. The van der Waals surface area contributed by atoms with Crippen molar-refractivity contribution in [2.45, 2.75) is 32.6 Å². The molecule has 8 heteroatoms. The van der Waals surface area contributed by atoms with E-state index in [2.05, 4.69) is 15.6 Å². The van der Waals surface area contributed by atoms with Gasteiger partial charge in [0, 0.05) is 39.5 Å². The Morgan fingerprint density at radius 1 is 1.32 bits per heavy atom. The van der Waals surface area contributed by atoms with Crippen LogP contribution in [0.25, 0.3) is 0 Å². The third kappa shape index (κ3) is 11.4. The van der Waals surface area contributed by atoms with Crippen LogP contribution in [0, 0.1) is 5.92 Å². The highest BCUT2D eigenvalue weighted by Crippen LogP contribution is 2.14. The summed E-state index contributed by atoms with van der Waals surface area (Å²) < 4.78 is 35.2. The minimum atomic E-state index is -2.41. The van der Waals surface area contributed by atoms with Crippen molar-refractivity contribution < 1.29 is 18.3 Å². The van der Waals surface area contributed by atoms with Gasteiger partial charge in [-0.15, -0.1) is 24.0 Å². The first-order valence-corrected chi connectivity index (χ1v) is 7.68. The SMILES string of the molecule is CCNC(=NCC(F)F)NCCCOCC1CCOCC1.I. The quantitative estimate of drug-likeness (QED) is 0.253. The van der Waals surface area contributed by atoms with Crippen molar-refractivity contribution in [2.24, 2.45) is 10.9 Å². The minimum absolute atomic E-state index is 0. The fourth-order valence-electron chi connectivity index (χ4n) is 2.05. The van der Waals surface area contributed by atoms with Crippen molar-refractivity contribution in [2.75, 3.05) is 46.1 Å². The molecule has 1 rings (SSSR count). The van der Waals surface area contributed by atoms with Crippen LogP contribution in [-0.2, 0) is 9.47 Å². The van der Waals surface area contributed by atoms with Crippen molar-refractivity contribution >= 4 is 29.9 Å². The Morgan fingerprint density at radius 2 is 2.05 bits per heavy atom. The van der Waals surface area contributed by atoms with Crippen LogP contribution in [0.5, 0.6) is 0 Å². The molecule has 0 spiro atoms. The largest absolute Gasteiger partial charge is 0.381 e. The van der Waals surface area contributed by atoms with E-state index in [4.69, 9.17) is 9.47 Å². The van der Waals surface area contributed by atoms with E-state index in [9.17, 15) is 8.78 Å². The molecule has 2 N–H and O–H groups in total. The first-order valence-electron chi connectivity index (χ1n) is 7.68. The van der Waals surface area contributed by atoms with E-state index in [1.807, 2.05) is 6.92 Å². The van der Waals surface area contributed by atoms with Crippen LogP contribution in [0.15, 0.2) is 4.99 Å². The first-order chi connectivity index (χ1) is 10.2. The van der Waals surface area contributed by atoms with Crippen molar-refractivity contribution in [3.63, 3.8) is 0 Å². The molecule has 1 fully saturated rings. The molecule has 0 aromatic heterocycles. The summed E-state index contributed by atoms with van der Waals surface area (Å²) in [5.74, 6) is 1.04. The average Bonchev–Trinajstić information content (AvgIpc) is 2.49. The van der Waals surface area contributed by atoms with E-state index in [1.165, 1.54) is 0 Å². The fraction of sp³-hybridized carbons (Fsp3) is 0.929. The Hall–Kier alpha value is -0.220. The van der Waals surface area contributed by atoms with Gasteiger partial charge in [0.2, 0.25) is 0 Å². The van der Waals surface area contributed by atoms with Crippen molar-refractivity contribution in [1.82, 2.24) is 10.6 Å². The molecule has 0 radical (unpaired) electrons. The second-order valence-corrected chi connectivity index (χ2v) is 5.02. The summed E-state index contributed by atoms with van der Waals surface area (Å²) in [6.07, 6.45) is 0.553. The molecule has 0 saturated carbocycles. The van der Waals surface area contributed by atoms with E-state index in [1.54, 1.807) is 0 Å². The molecule has 0 unspecified atom stereocenters. The molecule has 22 heavy (non-hydrogen) atoms. The van der Waals surface area contributed by atoms with Gasteiger partial charge in [-0.2, -0.15) is 0 Å². The van der Waals surface area contributed by atoms with Crippen LogP contribution in [-0.4, -0.2) is 58.4 Å². The number of aliphatic imine (C=N–C) groups is 1. The molecule has 0 aromatic rings. The zero-order valence-corrected chi connectivity index (χ0v) is 15.5. The van der Waals surface area contributed by atoms with Gasteiger partial charge in [-0.25, -0.2) is 13.8 Å². The number of nitrogens with zero attached hydrogens (tertiary/aromatic N) is 1. The summed E-state index contributed by atoms with van der Waals surface area (Å²) in [6.45, 7) is 5.84. The monoisotopic (exact) mass is 435 g/mol. The Kier molecular flexibility index (Phi) is 14.2. The van der Waals surface area contributed by atoms with Gasteiger partial charge in [0.1, 0.15) is 6.54 Å². The Balaban J connectivity index is 0.00000441. The summed E-state index contributed by atoms with van der Waals surface area (Å²) >= 11 is 0. The third-order valence-corrected chi connectivity index (χ3v) is 3.18. The Morgan fingerprint density at radius 3 is 2.68 bits per heavy atom. The molecule has 0 aliphatic carbocycles. The number of alkyl halides is 2. The maximum absolute atomic E-state index is 12.1. The van der Waals surface area contributed by atoms with E-state index in [0.29, 0.717) is 31.6 Å². The molecule has 0 aromatic carbocycles. The number of ether oxygens (including phenoxy) is 2. The van der Waals surface area contributed by atoms with Gasteiger partial charge in [0.05, 0.1) is 0 Å². The van der Waals surface area contributed by atoms with Crippen molar-refractivity contribution in [1.29, 1.82) is 0 Å². The van der Waals surface area contributed by atoms with Gasteiger partial charge in [-0.05, 0) is 32.1 Å².